The number of aliphatic hydroxyl groups excluding tert-OH is 1. The Bertz CT molecular complexity index is 208. The first-order valence-corrected chi connectivity index (χ1v) is 5.75. The van der Waals surface area contributed by atoms with Gasteiger partial charge in [0.2, 0.25) is 0 Å². The number of rotatable bonds is 7. The van der Waals surface area contributed by atoms with E-state index in [0.717, 1.165) is 32.1 Å². The van der Waals surface area contributed by atoms with Crippen molar-refractivity contribution in [3.05, 3.63) is 0 Å². The lowest BCUT2D eigenvalue weighted by Crippen LogP contribution is -2.59. The van der Waals surface area contributed by atoms with Crippen molar-refractivity contribution in [1.82, 2.24) is 5.32 Å². The topological polar surface area (TPSA) is 69.6 Å². The normalized spacial score (nSPS) is 20.7. The Kier molecular flexibility index (Phi) is 4.54. The number of carboxylic acids is 1. The molecule has 0 aromatic rings. The van der Waals surface area contributed by atoms with Crippen LogP contribution in [0.5, 0.6) is 0 Å². The highest BCUT2D eigenvalue weighted by atomic mass is 16.4. The van der Waals surface area contributed by atoms with Crippen LogP contribution in [0.2, 0.25) is 0 Å². The summed E-state index contributed by atoms with van der Waals surface area (Å²) in [5.41, 5.74) is -0.309. The van der Waals surface area contributed by atoms with E-state index in [1.165, 1.54) is 0 Å². The van der Waals surface area contributed by atoms with Crippen molar-refractivity contribution in [2.75, 3.05) is 6.61 Å². The third-order valence-electron chi connectivity index (χ3n) is 3.24. The highest BCUT2D eigenvalue weighted by molar-refractivity contribution is 5.73. The molecular weight excluding hydrogens is 194 g/mol. The minimum absolute atomic E-state index is 0.0445. The summed E-state index contributed by atoms with van der Waals surface area (Å²) in [5.74, 6) is -0.803. The van der Waals surface area contributed by atoms with E-state index in [1.807, 2.05) is 6.92 Å². The second kappa shape index (κ2) is 5.47. The molecule has 0 saturated heterocycles. The van der Waals surface area contributed by atoms with E-state index >= 15 is 0 Å². The highest BCUT2D eigenvalue weighted by Gasteiger charge is 2.39. The van der Waals surface area contributed by atoms with Crippen LogP contribution in [0.4, 0.5) is 0 Å². The predicted molar refractivity (Wildman–Crippen MR) is 57.8 cm³/mol. The maximum atomic E-state index is 11.0. The van der Waals surface area contributed by atoms with E-state index in [9.17, 15) is 9.90 Å². The number of hydrogen-bond acceptors (Lipinski definition) is 3. The fourth-order valence-electron chi connectivity index (χ4n) is 1.99. The van der Waals surface area contributed by atoms with Gasteiger partial charge in [-0.05, 0) is 25.7 Å². The van der Waals surface area contributed by atoms with Crippen LogP contribution >= 0.6 is 0 Å². The molecule has 0 radical (unpaired) electrons. The summed E-state index contributed by atoms with van der Waals surface area (Å²) in [6, 6.07) is -0.502. The maximum absolute atomic E-state index is 11.0. The molecule has 0 aliphatic heterocycles. The molecule has 4 heteroatoms. The second-order valence-corrected chi connectivity index (χ2v) is 4.47. The van der Waals surface area contributed by atoms with Crippen LogP contribution in [0.25, 0.3) is 0 Å². The Balaban J connectivity index is 2.45. The summed E-state index contributed by atoms with van der Waals surface area (Å²) in [5, 5.41) is 21.4. The Morgan fingerprint density at radius 2 is 2.20 bits per heavy atom. The summed E-state index contributed by atoms with van der Waals surface area (Å²) >= 11 is 0. The summed E-state index contributed by atoms with van der Waals surface area (Å²) in [7, 11) is 0. The first-order valence-electron chi connectivity index (χ1n) is 5.75. The van der Waals surface area contributed by atoms with Crippen molar-refractivity contribution >= 4 is 5.97 Å². The molecular formula is C11H21NO3. The lowest BCUT2D eigenvalue weighted by atomic mass is 9.76. The zero-order valence-electron chi connectivity index (χ0n) is 9.33. The van der Waals surface area contributed by atoms with Gasteiger partial charge < -0.3 is 10.2 Å². The van der Waals surface area contributed by atoms with Gasteiger partial charge in [-0.2, -0.15) is 0 Å². The standard InChI is InChI=1S/C11H21NO3/c1-2-3-5-9(10(14)15)12-11(8-13)6-4-7-11/h9,12-13H,2-8H2,1H3,(H,14,15). The second-order valence-electron chi connectivity index (χ2n) is 4.47. The number of carbonyl (C=O) groups is 1. The molecule has 0 aromatic heterocycles. The van der Waals surface area contributed by atoms with Crippen molar-refractivity contribution < 1.29 is 15.0 Å². The van der Waals surface area contributed by atoms with Crippen molar-refractivity contribution in [3.63, 3.8) is 0 Å². The van der Waals surface area contributed by atoms with Crippen molar-refractivity contribution in [2.24, 2.45) is 0 Å². The largest absolute Gasteiger partial charge is 0.480 e. The lowest BCUT2D eigenvalue weighted by molar-refractivity contribution is -0.141. The molecule has 0 aromatic carbocycles. The molecule has 0 bridgehead atoms. The van der Waals surface area contributed by atoms with E-state index in [1.54, 1.807) is 0 Å². The van der Waals surface area contributed by atoms with Gasteiger partial charge in [0.15, 0.2) is 0 Å². The van der Waals surface area contributed by atoms with Crippen LogP contribution < -0.4 is 5.32 Å². The van der Waals surface area contributed by atoms with E-state index in [0.29, 0.717) is 6.42 Å². The lowest BCUT2D eigenvalue weighted by Gasteiger charge is -2.43. The van der Waals surface area contributed by atoms with Gasteiger partial charge in [-0.25, -0.2) is 0 Å². The molecule has 1 atom stereocenters. The van der Waals surface area contributed by atoms with E-state index in [-0.39, 0.29) is 12.1 Å². The highest BCUT2D eigenvalue weighted by Crippen LogP contribution is 2.32. The van der Waals surface area contributed by atoms with Crippen LogP contribution in [0.1, 0.15) is 45.4 Å². The Labute approximate surface area is 90.7 Å². The van der Waals surface area contributed by atoms with Crippen LogP contribution in [0, 0.1) is 0 Å². The Morgan fingerprint density at radius 3 is 2.53 bits per heavy atom. The molecule has 1 fully saturated rings. The molecule has 4 nitrogen and oxygen atoms in total. The molecule has 0 heterocycles. The molecule has 1 rings (SSSR count). The van der Waals surface area contributed by atoms with Gasteiger partial charge in [0.1, 0.15) is 6.04 Å². The molecule has 88 valence electrons. The van der Waals surface area contributed by atoms with E-state index in [2.05, 4.69) is 5.32 Å². The number of carboxylic acid groups (broad SMARTS) is 1. The monoisotopic (exact) mass is 215 g/mol. The van der Waals surface area contributed by atoms with Crippen molar-refractivity contribution in [1.29, 1.82) is 0 Å². The van der Waals surface area contributed by atoms with Crippen LogP contribution in [-0.2, 0) is 4.79 Å². The van der Waals surface area contributed by atoms with Gasteiger partial charge in [0, 0.05) is 5.54 Å². The fourth-order valence-corrected chi connectivity index (χ4v) is 1.99. The first kappa shape index (κ1) is 12.5. The van der Waals surface area contributed by atoms with Gasteiger partial charge in [0.25, 0.3) is 0 Å². The van der Waals surface area contributed by atoms with Crippen molar-refractivity contribution in [3.8, 4) is 0 Å². The molecule has 0 spiro atoms. The van der Waals surface area contributed by atoms with Crippen LogP contribution in [0.15, 0.2) is 0 Å². The van der Waals surface area contributed by atoms with Gasteiger partial charge in [-0.1, -0.05) is 19.8 Å². The summed E-state index contributed by atoms with van der Waals surface area (Å²) in [6.45, 7) is 2.09. The molecule has 0 amide bonds. The SMILES string of the molecule is CCCCC(NC1(CO)CCC1)C(=O)O. The van der Waals surface area contributed by atoms with E-state index in [4.69, 9.17) is 5.11 Å². The third kappa shape index (κ3) is 3.18. The quantitative estimate of drug-likeness (QED) is 0.595. The molecule has 1 aliphatic carbocycles. The van der Waals surface area contributed by atoms with Gasteiger partial charge in [0.05, 0.1) is 6.61 Å². The fraction of sp³-hybridized carbons (Fsp3) is 0.909. The molecule has 1 aliphatic rings. The molecule has 1 unspecified atom stereocenters. The number of nitrogens with one attached hydrogen (secondary N) is 1. The number of hydrogen-bond donors (Lipinski definition) is 3. The molecule has 1 saturated carbocycles. The van der Waals surface area contributed by atoms with E-state index < -0.39 is 12.0 Å². The predicted octanol–water partition coefficient (Wildman–Crippen LogP) is 1.13. The van der Waals surface area contributed by atoms with Gasteiger partial charge >= 0.3 is 5.97 Å². The average Bonchev–Trinajstić information content (AvgIpc) is 2.15. The molecule has 3 N–H and O–H groups in total. The van der Waals surface area contributed by atoms with Crippen LogP contribution in [-0.4, -0.2) is 34.4 Å². The maximum Gasteiger partial charge on any atom is 0.320 e. The van der Waals surface area contributed by atoms with Gasteiger partial charge in [-0.15, -0.1) is 0 Å². The zero-order chi connectivity index (χ0) is 11.3. The molecule has 15 heavy (non-hydrogen) atoms. The summed E-state index contributed by atoms with van der Waals surface area (Å²) in [6.07, 6.45) is 5.41. The number of unbranched alkanes of at least 4 members (excludes halogenated alkanes) is 1. The Hall–Kier alpha value is -0.610. The smallest absolute Gasteiger partial charge is 0.320 e. The third-order valence-corrected chi connectivity index (χ3v) is 3.24. The number of aliphatic hydroxyl groups is 1. The Morgan fingerprint density at radius 1 is 1.53 bits per heavy atom. The van der Waals surface area contributed by atoms with Crippen LogP contribution in [0.3, 0.4) is 0 Å². The van der Waals surface area contributed by atoms with Crippen molar-refractivity contribution in [2.45, 2.75) is 57.0 Å². The minimum Gasteiger partial charge on any atom is -0.480 e. The minimum atomic E-state index is -0.803. The average molecular weight is 215 g/mol. The summed E-state index contributed by atoms with van der Waals surface area (Å²) < 4.78 is 0. The first-order chi connectivity index (χ1) is 7.13. The number of aliphatic carboxylic acids is 1. The zero-order valence-corrected chi connectivity index (χ0v) is 9.33. The van der Waals surface area contributed by atoms with Gasteiger partial charge in [-0.3, -0.25) is 10.1 Å². The summed E-state index contributed by atoms with van der Waals surface area (Å²) in [4.78, 5) is 11.0.